The van der Waals surface area contributed by atoms with Crippen molar-refractivity contribution in [2.45, 2.75) is 58.5 Å². The van der Waals surface area contributed by atoms with Gasteiger partial charge in [-0.25, -0.2) is 11.6 Å². The van der Waals surface area contributed by atoms with Gasteiger partial charge >= 0.3 is 0 Å². The molecule has 1 rings (SSSR count). The molecule has 0 aliphatic heterocycles. The highest BCUT2D eigenvalue weighted by Crippen LogP contribution is 2.28. The highest BCUT2D eigenvalue weighted by Gasteiger charge is 2.21. The lowest BCUT2D eigenvalue weighted by Gasteiger charge is -2.31. The second-order valence-corrected chi connectivity index (χ2v) is 7.70. The quantitative estimate of drug-likeness (QED) is 0.556. The van der Waals surface area contributed by atoms with Gasteiger partial charge in [0.25, 0.3) is 5.84 Å². The third-order valence-corrected chi connectivity index (χ3v) is 5.52. The van der Waals surface area contributed by atoms with Crippen molar-refractivity contribution in [2.24, 2.45) is 5.92 Å². The van der Waals surface area contributed by atoms with Gasteiger partial charge in [-0.1, -0.05) is 27.2 Å². The zero-order chi connectivity index (χ0) is 11.8. The molecule has 0 aromatic carbocycles. The fraction of sp³-hybridized carbons (Fsp3) is 1.00. The zero-order valence-electron chi connectivity index (χ0n) is 11.0. The molecule has 0 bridgehead atoms. The monoisotopic (exact) mass is 259 g/mol. The first-order chi connectivity index (χ1) is 7.72. The second kappa shape index (κ2) is 8.76. The minimum absolute atomic E-state index is 0.645. The lowest BCUT2D eigenvalue weighted by Crippen LogP contribution is -2.38. The van der Waals surface area contributed by atoms with Gasteiger partial charge in [-0.15, -0.1) is 0 Å². The van der Waals surface area contributed by atoms with Gasteiger partial charge in [-0.2, -0.15) is 11.6 Å². The molecule has 0 amide bonds. The Morgan fingerprint density at radius 1 is 1.31 bits per heavy atom. The van der Waals surface area contributed by atoms with Gasteiger partial charge < -0.3 is 5.32 Å². The first-order valence-electron chi connectivity index (χ1n) is 6.64. The van der Waals surface area contributed by atoms with Gasteiger partial charge in [0.1, 0.15) is 0 Å². The fourth-order valence-corrected chi connectivity index (χ4v) is 4.58. The van der Waals surface area contributed by atoms with E-state index < -0.39 is 0 Å². The number of nitrogens with one attached hydrogen (secondary N) is 1. The summed E-state index contributed by atoms with van der Waals surface area (Å²) in [6.45, 7) is 6.76. The molecule has 1 aliphatic carbocycles. The second-order valence-electron chi connectivity index (χ2n) is 5.03. The van der Waals surface area contributed by atoms with Gasteiger partial charge in [0.2, 0.25) is 0 Å². The third kappa shape index (κ3) is 6.46. The molecule has 0 aromatic rings. The molecule has 0 saturated heterocycles. The van der Waals surface area contributed by atoms with Crippen molar-refractivity contribution in [2.75, 3.05) is 11.5 Å². The third-order valence-electron chi connectivity index (χ3n) is 3.08. The Kier molecular flexibility index (Phi) is 8.10. The largest absolute Gasteiger partial charge is 0.312 e. The van der Waals surface area contributed by atoms with E-state index >= 15 is 0 Å². The Hall–Kier alpha value is 0.725. The summed E-state index contributed by atoms with van der Waals surface area (Å²) in [5.74, 6) is 4.89. The normalized spacial score (nSPS) is 26.0. The predicted octanol–water partition coefficient (Wildman–Crippen LogP) is 3.30. The molecule has 1 aliphatic rings. The van der Waals surface area contributed by atoms with Crippen LogP contribution in [0.3, 0.4) is 0 Å². The summed E-state index contributed by atoms with van der Waals surface area (Å²) in [5.41, 5.74) is 0. The molecule has 1 fully saturated rings. The van der Waals surface area contributed by atoms with E-state index in [0.29, 0.717) is 6.04 Å². The van der Waals surface area contributed by atoms with Crippen LogP contribution in [0.5, 0.6) is 0 Å². The summed E-state index contributed by atoms with van der Waals surface area (Å²) >= 11 is 4.20. The average molecular weight is 259 g/mol. The number of hydrogen-bond acceptors (Lipinski definition) is 3. The Labute approximate surface area is 110 Å². The molecule has 94 valence electrons. The molecule has 16 heavy (non-hydrogen) atoms. The summed E-state index contributed by atoms with van der Waals surface area (Å²) < 4.78 is 0. The van der Waals surface area contributed by atoms with E-state index in [0.717, 1.165) is 12.0 Å². The summed E-state index contributed by atoms with van der Waals surface area (Å²) in [5, 5.41) is 3.70. The molecular formula is C12H26BNS2. The Morgan fingerprint density at radius 3 is 2.81 bits per heavy atom. The first-order valence-corrected chi connectivity index (χ1v) is 8.94. The number of rotatable bonds is 7. The summed E-state index contributed by atoms with van der Waals surface area (Å²) in [6, 6.07) is 1.44. The van der Waals surface area contributed by atoms with Crippen LogP contribution < -0.4 is 5.32 Å². The van der Waals surface area contributed by atoms with Crippen LogP contribution in [0.1, 0.15) is 46.5 Å². The van der Waals surface area contributed by atoms with Gasteiger partial charge in [0, 0.05) is 12.1 Å². The van der Waals surface area contributed by atoms with E-state index in [2.05, 4.69) is 49.3 Å². The minimum atomic E-state index is 0.645. The van der Waals surface area contributed by atoms with Crippen LogP contribution >= 0.6 is 23.2 Å². The van der Waals surface area contributed by atoms with Crippen molar-refractivity contribution in [3.8, 4) is 0 Å². The molecule has 0 heterocycles. The SMILES string of the molecule is CCSBSCC1CCCC(NC(C)C)C1. The molecule has 4 heteroatoms. The van der Waals surface area contributed by atoms with Crippen molar-refractivity contribution in [1.82, 2.24) is 5.32 Å². The van der Waals surface area contributed by atoms with E-state index in [1.54, 1.807) is 0 Å². The highest BCUT2D eigenvalue weighted by molar-refractivity contribution is 8.50. The zero-order valence-corrected chi connectivity index (χ0v) is 12.6. The maximum absolute atomic E-state index is 3.70. The highest BCUT2D eigenvalue weighted by atomic mass is 32.2. The van der Waals surface area contributed by atoms with Crippen molar-refractivity contribution in [1.29, 1.82) is 0 Å². The van der Waals surface area contributed by atoms with Crippen LogP contribution in [0, 0.1) is 5.92 Å². The van der Waals surface area contributed by atoms with Crippen LogP contribution in [0.4, 0.5) is 0 Å². The van der Waals surface area contributed by atoms with Gasteiger partial charge in [0.05, 0.1) is 0 Å². The van der Waals surface area contributed by atoms with E-state index in [9.17, 15) is 0 Å². The lowest BCUT2D eigenvalue weighted by molar-refractivity contribution is 0.292. The van der Waals surface area contributed by atoms with E-state index in [4.69, 9.17) is 0 Å². The van der Waals surface area contributed by atoms with Crippen molar-refractivity contribution in [3.05, 3.63) is 0 Å². The van der Waals surface area contributed by atoms with Crippen LogP contribution in [0.2, 0.25) is 0 Å². The average Bonchev–Trinajstić information content (AvgIpc) is 2.24. The van der Waals surface area contributed by atoms with E-state index in [-0.39, 0.29) is 0 Å². The smallest absolute Gasteiger partial charge is 0.256 e. The Balaban J connectivity index is 2.12. The van der Waals surface area contributed by atoms with Crippen molar-refractivity contribution < 1.29 is 0 Å². The summed E-state index contributed by atoms with van der Waals surface area (Å²) in [7, 11) is 0. The predicted molar refractivity (Wildman–Crippen MR) is 81.8 cm³/mol. The lowest BCUT2D eigenvalue weighted by atomic mass is 9.86. The fourth-order valence-electron chi connectivity index (χ4n) is 2.42. The van der Waals surface area contributed by atoms with Gasteiger partial charge in [0.15, 0.2) is 0 Å². The van der Waals surface area contributed by atoms with E-state index in [1.807, 2.05) is 0 Å². The van der Waals surface area contributed by atoms with E-state index in [1.165, 1.54) is 43.0 Å². The molecule has 1 saturated carbocycles. The van der Waals surface area contributed by atoms with Crippen LogP contribution in [0.25, 0.3) is 0 Å². The minimum Gasteiger partial charge on any atom is -0.312 e. The molecular weight excluding hydrogens is 233 g/mol. The van der Waals surface area contributed by atoms with Gasteiger partial charge in [-0.3, -0.25) is 0 Å². The molecule has 0 aromatic heterocycles. The van der Waals surface area contributed by atoms with Crippen LogP contribution in [-0.4, -0.2) is 29.4 Å². The molecule has 1 nitrogen and oxygen atoms in total. The standard InChI is InChI=1S/C12H26BNS2/c1-4-15-13-16-9-11-6-5-7-12(8-11)14-10(2)3/h10-14H,4-9H2,1-3H3. The van der Waals surface area contributed by atoms with Gasteiger partial charge in [-0.05, 0) is 36.7 Å². The topological polar surface area (TPSA) is 12.0 Å². The maximum atomic E-state index is 3.70. The van der Waals surface area contributed by atoms with Crippen LogP contribution in [0.15, 0.2) is 0 Å². The van der Waals surface area contributed by atoms with Crippen molar-refractivity contribution in [3.63, 3.8) is 0 Å². The Bertz CT molecular complexity index is 178. The molecule has 2 atom stereocenters. The maximum Gasteiger partial charge on any atom is 0.256 e. The molecule has 1 N–H and O–H groups in total. The van der Waals surface area contributed by atoms with Crippen LogP contribution in [-0.2, 0) is 0 Å². The Morgan fingerprint density at radius 2 is 2.12 bits per heavy atom. The molecule has 0 radical (unpaired) electrons. The summed E-state index contributed by atoms with van der Waals surface area (Å²) in [4.78, 5) is 0. The number of hydrogen-bond donors (Lipinski definition) is 1. The summed E-state index contributed by atoms with van der Waals surface area (Å²) in [6.07, 6.45) is 5.68. The van der Waals surface area contributed by atoms with Crippen molar-refractivity contribution >= 4 is 29.1 Å². The molecule has 0 spiro atoms. The first kappa shape index (κ1) is 14.8. The molecule has 2 unspecified atom stereocenters.